The molecule has 0 aliphatic carbocycles. The van der Waals surface area contributed by atoms with Crippen molar-refractivity contribution < 1.29 is 22.7 Å². The molecule has 3 rings (SSSR count). The van der Waals surface area contributed by atoms with Crippen molar-refractivity contribution >= 4 is 21.8 Å². The van der Waals surface area contributed by atoms with Crippen LogP contribution in [-0.2, 0) is 19.6 Å². The van der Waals surface area contributed by atoms with Gasteiger partial charge in [-0.15, -0.1) is 0 Å². The summed E-state index contributed by atoms with van der Waals surface area (Å²) in [6.45, 7) is 4.72. The molecule has 3 N–H and O–H groups in total. The molecule has 2 aliphatic heterocycles. The van der Waals surface area contributed by atoms with Gasteiger partial charge < -0.3 is 15.4 Å². The highest BCUT2D eigenvalue weighted by atomic mass is 32.2. The van der Waals surface area contributed by atoms with Crippen LogP contribution in [0.15, 0.2) is 29.2 Å². The fourth-order valence-electron chi connectivity index (χ4n) is 4.06. The Hall–Kier alpha value is -2.17. The first-order valence-corrected chi connectivity index (χ1v) is 11.7. The van der Waals surface area contributed by atoms with Gasteiger partial charge in [-0.1, -0.05) is 0 Å². The molecular weight excluding hydrogens is 408 g/mol. The Bertz CT molecular complexity index is 872. The molecule has 2 heterocycles. The SMILES string of the molecule is COc1ccc(S(=O)(=O)N[C@H]2C[C@H]3C(=O)NC[C@@H](CCC(=O)NC(C)C)N3C2)cc1. The minimum absolute atomic E-state index is 0.00102. The molecule has 2 saturated heterocycles. The molecule has 10 heteroatoms. The summed E-state index contributed by atoms with van der Waals surface area (Å²) >= 11 is 0. The number of ether oxygens (including phenoxy) is 1. The monoisotopic (exact) mass is 438 g/mol. The van der Waals surface area contributed by atoms with E-state index in [-0.39, 0.29) is 40.9 Å². The molecular formula is C20H30N4O5S. The van der Waals surface area contributed by atoms with E-state index in [1.807, 2.05) is 18.7 Å². The van der Waals surface area contributed by atoms with Gasteiger partial charge in [0.2, 0.25) is 21.8 Å². The molecule has 0 bridgehead atoms. The highest BCUT2D eigenvalue weighted by Crippen LogP contribution is 2.27. The molecule has 0 unspecified atom stereocenters. The number of fused-ring (bicyclic) bond motifs is 1. The van der Waals surface area contributed by atoms with Crippen LogP contribution >= 0.6 is 0 Å². The Morgan fingerprint density at radius 3 is 2.63 bits per heavy atom. The molecule has 0 saturated carbocycles. The number of nitrogens with one attached hydrogen (secondary N) is 3. The van der Waals surface area contributed by atoms with E-state index < -0.39 is 10.0 Å². The molecule has 0 spiro atoms. The van der Waals surface area contributed by atoms with Crippen molar-refractivity contribution in [1.82, 2.24) is 20.3 Å². The van der Waals surface area contributed by atoms with Gasteiger partial charge in [-0.25, -0.2) is 13.1 Å². The van der Waals surface area contributed by atoms with Crippen LogP contribution in [0, 0.1) is 0 Å². The number of carbonyl (C=O) groups is 2. The first-order valence-electron chi connectivity index (χ1n) is 10.2. The highest BCUT2D eigenvalue weighted by Gasteiger charge is 2.44. The molecule has 1 aromatic rings. The molecule has 9 nitrogen and oxygen atoms in total. The maximum Gasteiger partial charge on any atom is 0.240 e. The summed E-state index contributed by atoms with van der Waals surface area (Å²) in [7, 11) is -2.20. The van der Waals surface area contributed by atoms with Crippen molar-refractivity contribution in [2.24, 2.45) is 0 Å². The van der Waals surface area contributed by atoms with E-state index in [0.29, 0.717) is 38.1 Å². The van der Waals surface area contributed by atoms with Crippen LogP contribution in [0.25, 0.3) is 0 Å². The summed E-state index contributed by atoms with van der Waals surface area (Å²) in [5, 5.41) is 5.76. The van der Waals surface area contributed by atoms with Crippen molar-refractivity contribution in [2.45, 2.75) is 62.2 Å². The first kappa shape index (κ1) is 22.5. The number of benzene rings is 1. The standard InChI is InChI=1S/C20H30N4O5S/c1-13(2)22-19(25)9-4-15-11-21-20(26)18-10-14(12-24(15)18)23-30(27,28)17-7-5-16(29-3)6-8-17/h5-8,13-15,18,23H,4,9-12H2,1-3H3,(H,21,26)(H,22,25)/t14-,15+,18-/m0/s1. The quantitative estimate of drug-likeness (QED) is 0.535. The van der Waals surface area contributed by atoms with Gasteiger partial charge in [-0.3, -0.25) is 14.5 Å². The molecule has 166 valence electrons. The van der Waals surface area contributed by atoms with Crippen LogP contribution in [-0.4, -0.2) is 69.5 Å². The van der Waals surface area contributed by atoms with Crippen LogP contribution in [0.5, 0.6) is 5.75 Å². The zero-order chi connectivity index (χ0) is 21.9. The smallest absolute Gasteiger partial charge is 0.240 e. The zero-order valence-electron chi connectivity index (χ0n) is 17.6. The summed E-state index contributed by atoms with van der Waals surface area (Å²) in [6, 6.07) is 5.49. The predicted molar refractivity (Wildman–Crippen MR) is 112 cm³/mol. The summed E-state index contributed by atoms with van der Waals surface area (Å²) in [6.07, 6.45) is 1.37. The van der Waals surface area contributed by atoms with E-state index in [2.05, 4.69) is 15.4 Å². The lowest BCUT2D eigenvalue weighted by Crippen LogP contribution is -2.58. The summed E-state index contributed by atoms with van der Waals surface area (Å²) in [4.78, 5) is 26.5. The van der Waals surface area contributed by atoms with E-state index in [4.69, 9.17) is 4.74 Å². The van der Waals surface area contributed by atoms with Crippen LogP contribution in [0.1, 0.15) is 33.1 Å². The van der Waals surface area contributed by atoms with Gasteiger partial charge in [0, 0.05) is 37.6 Å². The minimum Gasteiger partial charge on any atom is -0.497 e. The zero-order valence-corrected chi connectivity index (χ0v) is 18.4. The van der Waals surface area contributed by atoms with Crippen molar-refractivity contribution in [3.8, 4) is 5.75 Å². The van der Waals surface area contributed by atoms with Crippen LogP contribution in [0.2, 0.25) is 0 Å². The molecule has 30 heavy (non-hydrogen) atoms. The number of rotatable bonds is 8. The average Bonchev–Trinajstić information content (AvgIpc) is 3.11. The second-order valence-corrected chi connectivity index (χ2v) is 9.82. The Balaban J connectivity index is 1.63. The number of hydrogen-bond acceptors (Lipinski definition) is 6. The maximum absolute atomic E-state index is 12.8. The Labute approximate surface area is 177 Å². The number of nitrogens with zero attached hydrogens (tertiary/aromatic N) is 1. The summed E-state index contributed by atoms with van der Waals surface area (Å²) in [5.41, 5.74) is 0. The molecule has 0 aromatic heterocycles. The van der Waals surface area contributed by atoms with Crippen molar-refractivity contribution in [2.75, 3.05) is 20.2 Å². The highest BCUT2D eigenvalue weighted by molar-refractivity contribution is 7.89. The third-order valence-corrected chi connectivity index (χ3v) is 7.01. The van der Waals surface area contributed by atoms with E-state index in [1.165, 1.54) is 19.2 Å². The Morgan fingerprint density at radius 1 is 1.30 bits per heavy atom. The fourth-order valence-corrected chi connectivity index (χ4v) is 5.30. The van der Waals surface area contributed by atoms with Gasteiger partial charge in [0.1, 0.15) is 5.75 Å². The number of piperazine rings is 1. The molecule has 0 radical (unpaired) electrons. The van der Waals surface area contributed by atoms with E-state index in [1.54, 1.807) is 12.1 Å². The average molecular weight is 439 g/mol. The van der Waals surface area contributed by atoms with Gasteiger partial charge in [-0.2, -0.15) is 0 Å². The number of sulfonamides is 1. The van der Waals surface area contributed by atoms with Gasteiger partial charge in [0.15, 0.2) is 0 Å². The van der Waals surface area contributed by atoms with Crippen LogP contribution in [0.3, 0.4) is 0 Å². The molecule has 2 amide bonds. The molecule has 1 aromatic carbocycles. The largest absolute Gasteiger partial charge is 0.497 e. The number of hydrogen-bond donors (Lipinski definition) is 3. The lowest BCUT2D eigenvalue weighted by atomic mass is 10.0. The van der Waals surface area contributed by atoms with E-state index in [9.17, 15) is 18.0 Å². The van der Waals surface area contributed by atoms with Gasteiger partial charge in [-0.05, 0) is 51.0 Å². The van der Waals surface area contributed by atoms with Crippen molar-refractivity contribution in [3.63, 3.8) is 0 Å². The third kappa shape index (κ3) is 5.30. The number of amides is 2. The van der Waals surface area contributed by atoms with Gasteiger partial charge >= 0.3 is 0 Å². The second kappa shape index (κ2) is 9.32. The second-order valence-electron chi connectivity index (χ2n) is 8.10. The fraction of sp³-hybridized carbons (Fsp3) is 0.600. The maximum atomic E-state index is 12.8. The van der Waals surface area contributed by atoms with Gasteiger partial charge in [0.05, 0.1) is 18.0 Å². The van der Waals surface area contributed by atoms with Crippen molar-refractivity contribution in [1.29, 1.82) is 0 Å². The third-order valence-electron chi connectivity index (χ3n) is 5.47. The lowest BCUT2D eigenvalue weighted by molar-refractivity contribution is -0.129. The number of methoxy groups -OCH3 is 1. The van der Waals surface area contributed by atoms with Crippen molar-refractivity contribution in [3.05, 3.63) is 24.3 Å². The Morgan fingerprint density at radius 2 is 2.00 bits per heavy atom. The molecule has 2 aliphatic rings. The Kier molecular flexibility index (Phi) is 6.99. The molecule has 2 fully saturated rings. The van der Waals surface area contributed by atoms with Crippen LogP contribution < -0.4 is 20.1 Å². The molecule has 3 atom stereocenters. The van der Waals surface area contributed by atoms with E-state index >= 15 is 0 Å². The van der Waals surface area contributed by atoms with E-state index in [0.717, 1.165) is 0 Å². The lowest BCUT2D eigenvalue weighted by Gasteiger charge is -2.37. The normalized spacial score (nSPS) is 24.4. The topological polar surface area (TPSA) is 117 Å². The summed E-state index contributed by atoms with van der Waals surface area (Å²) < 4.78 is 33.3. The first-order chi connectivity index (χ1) is 14.2. The number of carbonyl (C=O) groups excluding carboxylic acids is 2. The van der Waals surface area contributed by atoms with Crippen LogP contribution in [0.4, 0.5) is 0 Å². The predicted octanol–water partition coefficient (Wildman–Crippen LogP) is 0.220. The summed E-state index contributed by atoms with van der Waals surface area (Å²) in [5.74, 6) is 0.464. The minimum atomic E-state index is -3.71. The van der Waals surface area contributed by atoms with Gasteiger partial charge in [0.25, 0.3) is 0 Å².